The van der Waals surface area contributed by atoms with Crippen LogP contribution in [-0.2, 0) is 11.2 Å². The second kappa shape index (κ2) is 10.3. The number of aliphatic imine (C=N–C) groups is 1. The largest absolute Gasteiger partial charge is 0.493 e. The molecule has 1 amide bonds. The van der Waals surface area contributed by atoms with Gasteiger partial charge in [0.1, 0.15) is 5.92 Å². The Labute approximate surface area is 194 Å². The van der Waals surface area contributed by atoms with Gasteiger partial charge < -0.3 is 20.1 Å². The number of carbonyl (C=O) groups excluding carboxylic acids is 1. The van der Waals surface area contributed by atoms with Crippen molar-refractivity contribution >= 4 is 23.0 Å². The zero-order chi connectivity index (χ0) is 23.2. The number of hydrogen-bond donors (Lipinski definition) is 2. The first-order valence-corrected chi connectivity index (χ1v) is 11.1. The first-order chi connectivity index (χ1) is 16.1. The smallest absolute Gasteiger partial charge is 0.238 e. The van der Waals surface area contributed by atoms with Crippen LogP contribution in [0.25, 0.3) is 0 Å². The van der Waals surface area contributed by atoms with Gasteiger partial charge in [-0.25, -0.2) is 0 Å². The molecule has 4 rings (SSSR count). The topological polar surface area (TPSA) is 72.0 Å². The van der Waals surface area contributed by atoms with E-state index in [0.717, 1.165) is 36.3 Å². The van der Waals surface area contributed by atoms with Gasteiger partial charge in [-0.3, -0.25) is 9.79 Å². The molecule has 6 heteroatoms. The molecule has 3 aromatic rings. The average molecular weight is 444 g/mol. The van der Waals surface area contributed by atoms with Gasteiger partial charge in [0.05, 0.1) is 25.6 Å². The second-order valence-electron chi connectivity index (χ2n) is 7.85. The molecule has 1 aliphatic rings. The Morgan fingerprint density at radius 2 is 1.70 bits per heavy atom. The minimum absolute atomic E-state index is 0.120. The van der Waals surface area contributed by atoms with Crippen LogP contribution in [0, 0.1) is 0 Å². The number of amides is 1. The van der Waals surface area contributed by atoms with E-state index in [2.05, 4.69) is 29.7 Å². The summed E-state index contributed by atoms with van der Waals surface area (Å²) in [6.45, 7) is 4.01. The number of anilines is 1. The van der Waals surface area contributed by atoms with Crippen molar-refractivity contribution in [3.8, 4) is 11.5 Å². The number of rotatable bonds is 9. The van der Waals surface area contributed by atoms with Gasteiger partial charge in [0.2, 0.25) is 5.91 Å². The van der Waals surface area contributed by atoms with Gasteiger partial charge in [0, 0.05) is 11.8 Å². The molecule has 0 saturated heterocycles. The SMILES string of the molecule is CCNCCc1ccc(N=C(c2ccccc2)C2C(=O)Nc3cc(OC)c(OC)cc32)cc1. The molecule has 0 spiro atoms. The first kappa shape index (κ1) is 22.6. The van der Waals surface area contributed by atoms with Crippen LogP contribution in [0.5, 0.6) is 11.5 Å². The Hall–Kier alpha value is -3.64. The maximum atomic E-state index is 13.2. The van der Waals surface area contributed by atoms with Crippen molar-refractivity contribution in [2.24, 2.45) is 4.99 Å². The third-order valence-corrected chi connectivity index (χ3v) is 5.76. The van der Waals surface area contributed by atoms with Crippen LogP contribution in [0.3, 0.4) is 0 Å². The van der Waals surface area contributed by atoms with Crippen LogP contribution in [0.1, 0.15) is 29.5 Å². The third-order valence-electron chi connectivity index (χ3n) is 5.76. The summed E-state index contributed by atoms with van der Waals surface area (Å²) in [7, 11) is 3.17. The molecule has 1 aliphatic heterocycles. The van der Waals surface area contributed by atoms with E-state index in [-0.39, 0.29) is 5.91 Å². The second-order valence-corrected chi connectivity index (χ2v) is 7.85. The highest BCUT2D eigenvalue weighted by atomic mass is 16.5. The zero-order valence-corrected chi connectivity index (χ0v) is 19.2. The van der Waals surface area contributed by atoms with Crippen molar-refractivity contribution in [2.75, 3.05) is 32.6 Å². The van der Waals surface area contributed by atoms with E-state index in [9.17, 15) is 4.79 Å². The highest BCUT2D eigenvalue weighted by Gasteiger charge is 2.36. The van der Waals surface area contributed by atoms with Crippen molar-refractivity contribution < 1.29 is 14.3 Å². The van der Waals surface area contributed by atoms with Gasteiger partial charge >= 0.3 is 0 Å². The molecule has 0 aromatic heterocycles. The molecule has 1 atom stereocenters. The van der Waals surface area contributed by atoms with Crippen molar-refractivity contribution in [1.29, 1.82) is 0 Å². The number of ether oxygens (including phenoxy) is 2. The summed E-state index contributed by atoms with van der Waals surface area (Å²) in [6, 6.07) is 21.7. The molecule has 2 N–H and O–H groups in total. The molecule has 0 fully saturated rings. The van der Waals surface area contributed by atoms with Crippen LogP contribution < -0.4 is 20.1 Å². The van der Waals surface area contributed by atoms with Gasteiger partial charge in [-0.1, -0.05) is 49.4 Å². The Kier molecular flexibility index (Phi) is 7.05. The summed E-state index contributed by atoms with van der Waals surface area (Å²) in [5.74, 6) is 0.472. The molecular formula is C27H29N3O3. The molecule has 0 aliphatic carbocycles. The highest BCUT2D eigenvalue weighted by Crippen LogP contribution is 2.42. The molecule has 0 bridgehead atoms. The Balaban J connectivity index is 1.75. The Morgan fingerprint density at radius 3 is 2.36 bits per heavy atom. The number of nitrogens with one attached hydrogen (secondary N) is 2. The Morgan fingerprint density at radius 1 is 1.00 bits per heavy atom. The number of carbonyl (C=O) groups is 1. The van der Waals surface area contributed by atoms with Crippen molar-refractivity contribution in [3.05, 3.63) is 83.4 Å². The average Bonchev–Trinajstić information content (AvgIpc) is 3.17. The van der Waals surface area contributed by atoms with Gasteiger partial charge in [-0.15, -0.1) is 0 Å². The van der Waals surface area contributed by atoms with E-state index in [0.29, 0.717) is 22.9 Å². The monoisotopic (exact) mass is 443 g/mol. The molecule has 33 heavy (non-hydrogen) atoms. The van der Waals surface area contributed by atoms with E-state index in [4.69, 9.17) is 14.5 Å². The van der Waals surface area contributed by atoms with Crippen LogP contribution in [0.4, 0.5) is 11.4 Å². The van der Waals surface area contributed by atoms with E-state index >= 15 is 0 Å². The summed E-state index contributed by atoms with van der Waals surface area (Å²) < 4.78 is 10.9. The predicted molar refractivity (Wildman–Crippen MR) is 132 cm³/mol. The molecule has 0 saturated carbocycles. The summed E-state index contributed by atoms with van der Waals surface area (Å²) in [4.78, 5) is 18.1. The Bertz CT molecular complexity index is 1140. The quantitative estimate of drug-likeness (QED) is 0.371. The van der Waals surface area contributed by atoms with Gasteiger partial charge in [0.25, 0.3) is 0 Å². The number of benzene rings is 3. The lowest BCUT2D eigenvalue weighted by atomic mass is 9.90. The molecule has 6 nitrogen and oxygen atoms in total. The standard InChI is InChI=1S/C27H29N3O3/c1-4-28-15-14-18-10-12-20(13-11-18)29-26(19-8-6-5-7-9-19)25-21-16-23(32-2)24(33-3)17-22(21)30-27(25)31/h5-13,16-17,25,28H,4,14-15H2,1-3H3,(H,30,31). The van der Waals surface area contributed by atoms with Crippen molar-refractivity contribution in [1.82, 2.24) is 5.32 Å². The molecule has 0 radical (unpaired) electrons. The lowest BCUT2D eigenvalue weighted by Gasteiger charge is -2.15. The summed E-state index contributed by atoms with van der Waals surface area (Å²) >= 11 is 0. The highest BCUT2D eigenvalue weighted by molar-refractivity contribution is 6.24. The molecule has 170 valence electrons. The fourth-order valence-corrected chi connectivity index (χ4v) is 4.05. The predicted octanol–water partition coefficient (Wildman–Crippen LogP) is 4.71. The minimum Gasteiger partial charge on any atom is -0.493 e. The van der Waals surface area contributed by atoms with E-state index < -0.39 is 5.92 Å². The number of likely N-dealkylation sites (N-methyl/N-ethyl adjacent to an activating group) is 1. The zero-order valence-electron chi connectivity index (χ0n) is 19.2. The van der Waals surface area contributed by atoms with Crippen LogP contribution in [0.15, 0.2) is 71.7 Å². The number of methoxy groups -OCH3 is 2. The van der Waals surface area contributed by atoms with Crippen molar-refractivity contribution in [2.45, 2.75) is 19.3 Å². The van der Waals surface area contributed by atoms with E-state index in [1.54, 1.807) is 20.3 Å². The molecule has 1 heterocycles. The molecular weight excluding hydrogens is 414 g/mol. The normalized spacial score (nSPS) is 15.2. The maximum Gasteiger partial charge on any atom is 0.238 e. The lowest BCUT2D eigenvalue weighted by molar-refractivity contribution is -0.115. The summed E-state index contributed by atoms with van der Waals surface area (Å²) in [6.07, 6.45) is 0.962. The molecule has 3 aromatic carbocycles. The fourth-order valence-electron chi connectivity index (χ4n) is 4.05. The minimum atomic E-state index is -0.560. The number of hydrogen-bond acceptors (Lipinski definition) is 5. The number of nitrogens with zero attached hydrogens (tertiary/aromatic N) is 1. The fraction of sp³-hybridized carbons (Fsp3) is 0.259. The maximum absolute atomic E-state index is 13.2. The van der Waals surface area contributed by atoms with Crippen LogP contribution >= 0.6 is 0 Å². The van der Waals surface area contributed by atoms with Crippen LogP contribution in [0.2, 0.25) is 0 Å². The lowest BCUT2D eigenvalue weighted by Crippen LogP contribution is -2.22. The third kappa shape index (κ3) is 4.91. The van der Waals surface area contributed by atoms with Gasteiger partial charge in [0.15, 0.2) is 11.5 Å². The van der Waals surface area contributed by atoms with Crippen LogP contribution in [-0.4, -0.2) is 38.9 Å². The number of fused-ring (bicyclic) bond motifs is 1. The van der Waals surface area contributed by atoms with Gasteiger partial charge in [-0.2, -0.15) is 0 Å². The van der Waals surface area contributed by atoms with E-state index in [1.807, 2.05) is 48.5 Å². The van der Waals surface area contributed by atoms with Gasteiger partial charge in [-0.05, 0) is 54.4 Å². The first-order valence-electron chi connectivity index (χ1n) is 11.1. The van der Waals surface area contributed by atoms with E-state index in [1.165, 1.54) is 5.56 Å². The summed E-state index contributed by atoms with van der Waals surface area (Å²) in [5, 5.41) is 6.33. The summed E-state index contributed by atoms with van der Waals surface area (Å²) in [5.41, 5.74) is 5.18. The van der Waals surface area contributed by atoms with Crippen molar-refractivity contribution in [3.63, 3.8) is 0 Å². The molecule has 1 unspecified atom stereocenters.